The van der Waals surface area contributed by atoms with Crippen LogP contribution in [0.3, 0.4) is 0 Å². The third-order valence-corrected chi connectivity index (χ3v) is 11.3. The minimum Gasteiger partial charge on any atom is -0.466 e. The van der Waals surface area contributed by atoms with Crippen molar-refractivity contribution >= 4 is 23.5 Å². The fourth-order valence-corrected chi connectivity index (χ4v) is 9.23. The van der Waals surface area contributed by atoms with E-state index in [1.807, 2.05) is 26.0 Å². The van der Waals surface area contributed by atoms with Gasteiger partial charge >= 0.3 is 11.9 Å². The molecule has 0 heterocycles. The molecule has 214 valence electrons. The maximum atomic E-state index is 14.2. The minimum atomic E-state index is -0.521. The molecule has 0 saturated heterocycles. The fourth-order valence-electron chi connectivity index (χ4n) is 9.23. The second-order valence-electron chi connectivity index (χ2n) is 13.8. The van der Waals surface area contributed by atoms with Crippen molar-refractivity contribution in [1.29, 1.82) is 0 Å². The Bertz CT molecular complexity index is 1190. The lowest BCUT2D eigenvalue weighted by molar-refractivity contribution is -0.150. The van der Waals surface area contributed by atoms with Crippen LogP contribution in [-0.2, 0) is 28.7 Å². The maximum absolute atomic E-state index is 14.2. The van der Waals surface area contributed by atoms with E-state index in [-0.39, 0.29) is 58.2 Å². The van der Waals surface area contributed by atoms with E-state index in [1.54, 1.807) is 13.0 Å². The number of esters is 2. The van der Waals surface area contributed by atoms with Gasteiger partial charge in [-0.1, -0.05) is 59.3 Å². The highest BCUT2D eigenvalue weighted by Gasteiger charge is 2.68. The number of rotatable bonds is 6. The summed E-state index contributed by atoms with van der Waals surface area (Å²) >= 11 is 0. The van der Waals surface area contributed by atoms with Crippen molar-refractivity contribution in [1.82, 2.24) is 0 Å². The Kier molecular flexibility index (Phi) is 7.45. The van der Waals surface area contributed by atoms with E-state index in [2.05, 4.69) is 27.7 Å². The lowest BCUT2D eigenvalue weighted by atomic mass is 9.44. The number of ether oxygens (including phenoxy) is 2. The van der Waals surface area contributed by atoms with Crippen molar-refractivity contribution in [2.45, 2.75) is 100 Å². The van der Waals surface area contributed by atoms with Gasteiger partial charge in [-0.3, -0.25) is 14.4 Å². The van der Waals surface area contributed by atoms with Gasteiger partial charge in [-0.2, -0.15) is 0 Å². The zero-order valence-corrected chi connectivity index (χ0v) is 25.2. The number of hydrogen-bond acceptors (Lipinski definition) is 6. The fraction of sp³-hybridized carbons (Fsp3) is 0.697. The maximum Gasteiger partial charge on any atom is 0.333 e. The van der Waals surface area contributed by atoms with Gasteiger partial charge in [0.15, 0.2) is 11.6 Å². The van der Waals surface area contributed by atoms with Crippen LogP contribution >= 0.6 is 0 Å². The summed E-state index contributed by atoms with van der Waals surface area (Å²) < 4.78 is 10.8. The number of Topliss-reactive ketones (excluding diaryl/α,β-unsaturated/α-hetero) is 1. The van der Waals surface area contributed by atoms with Gasteiger partial charge in [0.25, 0.3) is 0 Å². The Balaban J connectivity index is 1.76. The molecular formula is C33H46O6. The van der Waals surface area contributed by atoms with Crippen molar-refractivity contribution in [3.63, 3.8) is 0 Å². The molecule has 0 N–H and O–H groups in total. The van der Waals surface area contributed by atoms with Crippen LogP contribution in [0.5, 0.6) is 0 Å². The lowest BCUT2D eigenvalue weighted by Crippen LogP contribution is -2.54. The number of ketones is 2. The van der Waals surface area contributed by atoms with E-state index in [1.165, 1.54) is 19.6 Å². The number of carbonyl (C=O) groups is 4. The number of hydrogen-bond donors (Lipinski definition) is 0. The summed E-state index contributed by atoms with van der Waals surface area (Å²) in [6.45, 7) is 16.1. The summed E-state index contributed by atoms with van der Waals surface area (Å²) in [5.41, 5.74) is 1.01. The summed E-state index contributed by atoms with van der Waals surface area (Å²) in [7, 11) is 1.38. The van der Waals surface area contributed by atoms with Crippen molar-refractivity contribution in [3.05, 3.63) is 34.9 Å². The molecular weight excluding hydrogens is 492 g/mol. The third-order valence-electron chi connectivity index (χ3n) is 11.3. The Morgan fingerprint density at radius 1 is 1.13 bits per heavy atom. The first-order chi connectivity index (χ1) is 18.0. The molecule has 4 rings (SSSR count). The molecule has 39 heavy (non-hydrogen) atoms. The van der Waals surface area contributed by atoms with E-state index >= 15 is 0 Å². The second kappa shape index (κ2) is 9.85. The van der Waals surface area contributed by atoms with Crippen LogP contribution in [0.25, 0.3) is 0 Å². The van der Waals surface area contributed by atoms with Crippen molar-refractivity contribution < 1.29 is 28.7 Å². The van der Waals surface area contributed by atoms with Crippen LogP contribution in [-0.4, -0.2) is 36.7 Å². The van der Waals surface area contributed by atoms with E-state index in [9.17, 15) is 19.2 Å². The lowest BCUT2D eigenvalue weighted by Gasteiger charge is -2.58. The van der Waals surface area contributed by atoms with Gasteiger partial charge in [-0.25, -0.2) is 4.79 Å². The molecule has 4 aliphatic rings. The Morgan fingerprint density at radius 3 is 2.41 bits per heavy atom. The van der Waals surface area contributed by atoms with Gasteiger partial charge in [0, 0.05) is 41.2 Å². The van der Waals surface area contributed by atoms with Gasteiger partial charge in [-0.15, -0.1) is 0 Å². The molecule has 0 aromatic heterocycles. The normalized spacial score (nSPS) is 38.1. The monoisotopic (exact) mass is 538 g/mol. The van der Waals surface area contributed by atoms with E-state index in [0.29, 0.717) is 24.8 Å². The number of carbonyl (C=O) groups excluding carboxylic acids is 4. The van der Waals surface area contributed by atoms with Crippen LogP contribution in [0.15, 0.2) is 34.9 Å². The smallest absolute Gasteiger partial charge is 0.333 e. The summed E-state index contributed by atoms with van der Waals surface area (Å²) in [5.74, 6) is -0.0791. The molecule has 6 heteroatoms. The SMILES string of the molecule is COC(=O)C(C)=CCC[C@@H](C)[C@H]1[C@@H](OC(C)=O)C[C@@]2(C)C3=C(C(=O)C[C@]12C)[C@@]1(C)C=CC(=O)C(C)(C)[C@@H]1CC3. The second-order valence-corrected chi connectivity index (χ2v) is 13.8. The molecule has 6 nitrogen and oxygen atoms in total. The molecule has 4 aliphatic carbocycles. The van der Waals surface area contributed by atoms with Gasteiger partial charge in [0.2, 0.25) is 0 Å². The Hall–Kier alpha value is -2.50. The largest absolute Gasteiger partial charge is 0.466 e. The predicted molar refractivity (Wildman–Crippen MR) is 149 cm³/mol. The molecule has 0 aromatic carbocycles. The average Bonchev–Trinajstić information content (AvgIpc) is 3.06. The first-order valence-electron chi connectivity index (χ1n) is 14.5. The summed E-state index contributed by atoms with van der Waals surface area (Å²) in [6.07, 6.45) is 9.55. The van der Waals surface area contributed by atoms with Crippen LogP contribution in [0.1, 0.15) is 93.9 Å². The van der Waals surface area contributed by atoms with E-state index in [0.717, 1.165) is 24.8 Å². The number of fused-ring (bicyclic) bond motifs is 4. The molecule has 1 saturated carbocycles. The van der Waals surface area contributed by atoms with Crippen molar-refractivity contribution in [2.24, 2.45) is 39.4 Å². The summed E-state index contributed by atoms with van der Waals surface area (Å²) in [4.78, 5) is 51.2. The third kappa shape index (κ3) is 4.37. The van der Waals surface area contributed by atoms with Crippen LogP contribution in [0, 0.1) is 39.4 Å². The quantitative estimate of drug-likeness (QED) is 0.290. The van der Waals surface area contributed by atoms with Crippen molar-refractivity contribution in [2.75, 3.05) is 7.11 Å². The molecule has 0 bridgehead atoms. The van der Waals surface area contributed by atoms with Crippen LogP contribution in [0.2, 0.25) is 0 Å². The van der Waals surface area contributed by atoms with E-state index < -0.39 is 10.8 Å². The molecule has 0 aromatic rings. The molecule has 0 amide bonds. The molecule has 7 atom stereocenters. The highest BCUT2D eigenvalue weighted by Crippen LogP contribution is 2.71. The first-order valence-corrected chi connectivity index (χ1v) is 14.5. The molecule has 0 spiro atoms. The summed E-state index contributed by atoms with van der Waals surface area (Å²) in [6, 6.07) is 0. The van der Waals surface area contributed by atoms with E-state index in [4.69, 9.17) is 9.47 Å². The number of allylic oxidation sites excluding steroid dienone is 5. The standard InChI is InChI=1S/C33H46O6/c1-19(11-10-12-20(2)29(37)38-9)27-24(39-21(3)34)18-32(7)22-13-14-25-30(4,5)26(36)15-16-31(25,6)28(22)23(35)17-33(27,32)8/h12,15-16,19,24-25,27H,10-11,13-14,17-18H2,1-9H3/t19-,24+,25+,27+,31+,32+,33-/m1/s1. The minimum absolute atomic E-state index is 0.00155. The molecule has 0 unspecified atom stereocenters. The zero-order valence-electron chi connectivity index (χ0n) is 25.2. The van der Waals surface area contributed by atoms with Gasteiger partial charge < -0.3 is 9.47 Å². The Labute approximate surface area is 233 Å². The highest BCUT2D eigenvalue weighted by atomic mass is 16.5. The predicted octanol–water partition coefficient (Wildman–Crippen LogP) is 6.34. The first kappa shape index (κ1) is 29.5. The number of methoxy groups -OCH3 is 1. The zero-order chi connectivity index (χ0) is 29.1. The van der Waals surface area contributed by atoms with Crippen LogP contribution < -0.4 is 0 Å². The van der Waals surface area contributed by atoms with Gasteiger partial charge in [0.05, 0.1) is 7.11 Å². The summed E-state index contributed by atoms with van der Waals surface area (Å²) in [5, 5.41) is 0. The highest BCUT2D eigenvalue weighted by molar-refractivity contribution is 6.02. The molecule has 0 radical (unpaired) electrons. The molecule has 1 fully saturated rings. The van der Waals surface area contributed by atoms with Gasteiger partial charge in [0.1, 0.15) is 6.10 Å². The average molecular weight is 539 g/mol. The van der Waals surface area contributed by atoms with Gasteiger partial charge in [-0.05, 0) is 67.8 Å². The molecule has 0 aliphatic heterocycles. The van der Waals surface area contributed by atoms with Crippen LogP contribution in [0.4, 0.5) is 0 Å². The Morgan fingerprint density at radius 2 is 1.79 bits per heavy atom. The topological polar surface area (TPSA) is 86.7 Å². The van der Waals surface area contributed by atoms with Crippen molar-refractivity contribution in [3.8, 4) is 0 Å².